The molecule has 0 aromatic heterocycles. The van der Waals surface area contributed by atoms with Crippen molar-refractivity contribution in [3.8, 4) is 0 Å². The highest BCUT2D eigenvalue weighted by Crippen LogP contribution is 2.35. The topological polar surface area (TPSA) is 88.1 Å². The number of likely N-dealkylation sites (tertiary alicyclic amines) is 1. The molecule has 0 unspecified atom stereocenters. The lowest BCUT2D eigenvalue weighted by molar-refractivity contribution is -0.143. The maximum atomic E-state index is 12.0. The van der Waals surface area contributed by atoms with E-state index < -0.39 is 17.7 Å². The molecular formula is C22H30N2O5. The van der Waals surface area contributed by atoms with Gasteiger partial charge in [-0.15, -0.1) is 0 Å². The molecule has 2 N–H and O–H groups in total. The fraction of sp³-hybridized carbons (Fsp3) is 0.636. The molecule has 2 saturated heterocycles. The smallest absolute Gasteiger partial charge is 0.407 e. The van der Waals surface area contributed by atoms with Crippen LogP contribution in [-0.2, 0) is 14.3 Å². The zero-order valence-corrected chi connectivity index (χ0v) is 16.7. The molecule has 1 spiro atoms. The Hall–Kier alpha value is -2.12. The molecule has 158 valence electrons. The number of nitrogens with one attached hydrogen (secondary N) is 1. The number of morpholine rings is 1. The van der Waals surface area contributed by atoms with Crippen molar-refractivity contribution in [2.45, 2.75) is 62.1 Å². The molecule has 1 aliphatic carbocycles. The van der Waals surface area contributed by atoms with Crippen molar-refractivity contribution in [3.63, 3.8) is 0 Å². The molecule has 29 heavy (non-hydrogen) atoms. The van der Waals surface area contributed by atoms with Crippen LogP contribution in [0.3, 0.4) is 0 Å². The number of carbonyl (C=O) groups excluding carboxylic acids is 1. The van der Waals surface area contributed by atoms with E-state index in [9.17, 15) is 14.7 Å². The zero-order valence-electron chi connectivity index (χ0n) is 16.7. The van der Waals surface area contributed by atoms with Crippen LogP contribution in [-0.4, -0.2) is 66.1 Å². The van der Waals surface area contributed by atoms with Crippen LogP contribution in [0.4, 0.5) is 4.79 Å². The van der Waals surface area contributed by atoms with Crippen molar-refractivity contribution >= 4 is 12.0 Å². The number of rotatable bonds is 4. The number of hydrogen-bond donors (Lipinski definition) is 2. The minimum Gasteiger partial charge on any atom is -0.465 e. The van der Waals surface area contributed by atoms with Crippen LogP contribution < -0.4 is 5.32 Å². The molecule has 7 nitrogen and oxygen atoms in total. The summed E-state index contributed by atoms with van der Waals surface area (Å²) in [5.41, 5.74) is 0.698. The summed E-state index contributed by atoms with van der Waals surface area (Å²) in [6.07, 6.45) is 4.66. The van der Waals surface area contributed by atoms with Crippen LogP contribution in [0.1, 0.15) is 50.0 Å². The maximum absolute atomic E-state index is 12.0. The fourth-order valence-electron chi connectivity index (χ4n) is 5.17. The van der Waals surface area contributed by atoms with Crippen LogP contribution in [0, 0.1) is 0 Å². The van der Waals surface area contributed by atoms with Gasteiger partial charge in [0.1, 0.15) is 6.61 Å². The Morgan fingerprint density at radius 3 is 2.69 bits per heavy atom. The number of carboxylic acid groups (broad SMARTS) is 1. The van der Waals surface area contributed by atoms with Gasteiger partial charge in [0.2, 0.25) is 5.91 Å². The van der Waals surface area contributed by atoms with Gasteiger partial charge in [-0.05, 0) is 50.0 Å². The van der Waals surface area contributed by atoms with Crippen molar-refractivity contribution in [1.82, 2.24) is 10.2 Å². The van der Waals surface area contributed by atoms with Gasteiger partial charge in [-0.2, -0.15) is 0 Å². The Morgan fingerprint density at radius 2 is 2.00 bits per heavy atom. The van der Waals surface area contributed by atoms with Gasteiger partial charge < -0.3 is 24.8 Å². The van der Waals surface area contributed by atoms with Gasteiger partial charge in [0.25, 0.3) is 0 Å². The first-order valence-electron chi connectivity index (χ1n) is 10.6. The SMILES string of the molecule is O=C1COC[C@@]2(CCCN(C(=O)O)[C@H]2COC2CCC(c3ccccc3)CC2)N1. The highest BCUT2D eigenvalue weighted by atomic mass is 16.5. The normalized spacial score (nSPS) is 32.8. The van der Waals surface area contributed by atoms with Gasteiger partial charge in [-0.25, -0.2) is 4.79 Å². The van der Waals surface area contributed by atoms with E-state index in [0.717, 1.165) is 25.7 Å². The maximum Gasteiger partial charge on any atom is 0.407 e. The number of benzene rings is 1. The first-order valence-corrected chi connectivity index (χ1v) is 10.6. The average Bonchev–Trinajstić information content (AvgIpc) is 2.73. The fourth-order valence-corrected chi connectivity index (χ4v) is 5.17. The molecule has 3 fully saturated rings. The van der Waals surface area contributed by atoms with Gasteiger partial charge >= 0.3 is 6.09 Å². The lowest BCUT2D eigenvalue weighted by Gasteiger charge is -2.50. The first kappa shape index (κ1) is 20.2. The van der Waals surface area contributed by atoms with Crippen LogP contribution in [0.25, 0.3) is 0 Å². The highest BCUT2D eigenvalue weighted by Gasteiger charge is 2.49. The van der Waals surface area contributed by atoms with E-state index in [0.29, 0.717) is 31.9 Å². The number of hydrogen-bond acceptors (Lipinski definition) is 4. The molecule has 0 radical (unpaired) electrons. The Morgan fingerprint density at radius 1 is 1.24 bits per heavy atom. The Balaban J connectivity index is 1.38. The van der Waals surface area contributed by atoms with Crippen molar-refractivity contribution in [1.29, 1.82) is 0 Å². The van der Waals surface area contributed by atoms with E-state index in [2.05, 4.69) is 29.6 Å². The van der Waals surface area contributed by atoms with Crippen molar-refractivity contribution < 1.29 is 24.2 Å². The lowest BCUT2D eigenvalue weighted by Crippen LogP contribution is -2.71. The highest BCUT2D eigenvalue weighted by molar-refractivity contribution is 5.79. The first-order chi connectivity index (χ1) is 14.1. The van der Waals surface area contributed by atoms with Gasteiger partial charge in [0.05, 0.1) is 30.9 Å². The van der Waals surface area contributed by atoms with Crippen LogP contribution in [0.5, 0.6) is 0 Å². The standard InChI is InChI=1S/C22H30N2O5/c25-20-14-28-15-22(23-20)11-4-12-24(21(26)27)19(22)13-29-18-9-7-17(8-10-18)16-5-2-1-3-6-16/h1-3,5-6,17-19H,4,7-15H2,(H,23,25)(H,26,27)/t17?,18?,19-,22+/m0/s1. The molecule has 2 atom stereocenters. The largest absolute Gasteiger partial charge is 0.465 e. The third-order valence-electron chi connectivity index (χ3n) is 6.70. The molecule has 2 amide bonds. The van der Waals surface area contributed by atoms with Gasteiger partial charge in [-0.1, -0.05) is 30.3 Å². The Labute approximate surface area is 171 Å². The van der Waals surface area contributed by atoms with Gasteiger partial charge in [0.15, 0.2) is 0 Å². The second-order valence-electron chi connectivity index (χ2n) is 8.51. The number of piperidine rings is 1. The summed E-state index contributed by atoms with van der Waals surface area (Å²) in [6, 6.07) is 10.2. The second kappa shape index (κ2) is 8.71. The Kier molecular flexibility index (Phi) is 6.06. The summed E-state index contributed by atoms with van der Waals surface area (Å²) in [4.78, 5) is 25.3. The third-order valence-corrected chi connectivity index (χ3v) is 6.70. The number of amides is 2. The number of carbonyl (C=O) groups is 2. The van der Waals surface area contributed by atoms with Crippen molar-refractivity contribution in [2.75, 3.05) is 26.4 Å². The Bertz CT molecular complexity index is 715. The monoisotopic (exact) mass is 402 g/mol. The summed E-state index contributed by atoms with van der Waals surface area (Å²) >= 11 is 0. The molecular weight excluding hydrogens is 372 g/mol. The molecule has 1 saturated carbocycles. The zero-order chi connectivity index (χ0) is 20.3. The van der Waals surface area contributed by atoms with Gasteiger partial charge in [0, 0.05) is 6.54 Å². The summed E-state index contributed by atoms with van der Waals surface area (Å²) in [5, 5.41) is 12.7. The molecule has 2 heterocycles. The van der Waals surface area contributed by atoms with E-state index in [-0.39, 0.29) is 25.2 Å². The van der Waals surface area contributed by atoms with E-state index >= 15 is 0 Å². The van der Waals surface area contributed by atoms with E-state index in [1.807, 2.05) is 6.07 Å². The quantitative estimate of drug-likeness (QED) is 0.809. The third kappa shape index (κ3) is 4.41. The van der Waals surface area contributed by atoms with Crippen LogP contribution >= 0.6 is 0 Å². The van der Waals surface area contributed by atoms with E-state index in [1.165, 1.54) is 10.5 Å². The number of ether oxygens (including phenoxy) is 2. The summed E-state index contributed by atoms with van der Waals surface area (Å²) in [7, 11) is 0. The predicted octanol–water partition coefficient (Wildman–Crippen LogP) is 2.76. The average molecular weight is 402 g/mol. The second-order valence-corrected chi connectivity index (χ2v) is 8.51. The molecule has 2 aliphatic heterocycles. The van der Waals surface area contributed by atoms with Crippen molar-refractivity contribution in [3.05, 3.63) is 35.9 Å². The van der Waals surface area contributed by atoms with Crippen LogP contribution in [0.15, 0.2) is 30.3 Å². The minimum absolute atomic E-state index is 0.0336. The van der Waals surface area contributed by atoms with Gasteiger partial charge in [-0.3, -0.25) is 4.79 Å². The molecule has 7 heteroatoms. The predicted molar refractivity (Wildman–Crippen MR) is 107 cm³/mol. The molecule has 4 rings (SSSR count). The van der Waals surface area contributed by atoms with E-state index in [1.54, 1.807) is 0 Å². The summed E-state index contributed by atoms with van der Waals surface area (Å²) in [5.74, 6) is 0.385. The number of nitrogens with zero attached hydrogens (tertiary/aromatic N) is 1. The summed E-state index contributed by atoms with van der Waals surface area (Å²) < 4.78 is 11.7. The summed E-state index contributed by atoms with van der Waals surface area (Å²) in [6.45, 7) is 1.11. The van der Waals surface area contributed by atoms with E-state index in [4.69, 9.17) is 9.47 Å². The van der Waals surface area contributed by atoms with Crippen molar-refractivity contribution in [2.24, 2.45) is 0 Å². The minimum atomic E-state index is -0.967. The molecule has 0 bridgehead atoms. The lowest BCUT2D eigenvalue weighted by atomic mass is 9.80. The molecule has 1 aromatic rings. The van der Waals surface area contributed by atoms with Crippen LogP contribution in [0.2, 0.25) is 0 Å². The molecule has 1 aromatic carbocycles. The molecule has 3 aliphatic rings.